The van der Waals surface area contributed by atoms with Crippen LogP contribution in [0.4, 0.5) is 17.6 Å². The van der Waals surface area contributed by atoms with E-state index in [0.29, 0.717) is 16.7 Å². The predicted molar refractivity (Wildman–Crippen MR) is 97.0 cm³/mol. The van der Waals surface area contributed by atoms with E-state index in [1.807, 2.05) is 0 Å². The van der Waals surface area contributed by atoms with Gasteiger partial charge in [0.15, 0.2) is 6.61 Å². The largest absolute Gasteiger partial charge is 0.484 e. The smallest absolute Gasteiger partial charge is 0.422 e. The molecule has 8 heteroatoms. The lowest BCUT2D eigenvalue weighted by atomic mass is 9.89. The lowest BCUT2D eigenvalue weighted by Crippen LogP contribution is -2.38. The Kier molecular flexibility index (Phi) is 5.60. The number of benzene rings is 2. The Hall–Kier alpha value is -2.61. The molecule has 0 spiro atoms. The molecule has 1 heterocycles. The molecule has 0 amide bonds. The van der Waals surface area contributed by atoms with Gasteiger partial charge in [0, 0.05) is 12.0 Å². The van der Waals surface area contributed by atoms with Crippen LogP contribution < -0.4 is 10.5 Å². The van der Waals surface area contributed by atoms with Crippen LogP contribution in [0.1, 0.15) is 23.6 Å². The van der Waals surface area contributed by atoms with E-state index in [1.54, 1.807) is 37.3 Å². The van der Waals surface area contributed by atoms with Crippen molar-refractivity contribution in [3.8, 4) is 5.75 Å². The molecule has 0 fully saturated rings. The van der Waals surface area contributed by atoms with Crippen molar-refractivity contribution < 1.29 is 27.0 Å². The summed E-state index contributed by atoms with van der Waals surface area (Å²) in [6.45, 7) is 0.726. The molecule has 28 heavy (non-hydrogen) atoms. The summed E-state index contributed by atoms with van der Waals surface area (Å²) in [6, 6.07) is 11.0. The molecular formula is C20H20F4N2O2. The Morgan fingerprint density at radius 1 is 1.21 bits per heavy atom. The highest BCUT2D eigenvalue weighted by Crippen LogP contribution is 2.32. The van der Waals surface area contributed by atoms with Crippen molar-refractivity contribution in [2.75, 3.05) is 19.8 Å². The van der Waals surface area contributed by atoms with E-state index in [-0.39, 0.29) is 31.2 Å². The zero-order valence-corrected chi connectivity index (χ0v) is 15.2. The monoisotopic (exact) mass is 396 g/mol. The second-order valence-electron chi connectivity index (χ2n) is 6.87. The van der Waals surface area contributed by atoms with Crippen LogP contribution in [-0.4, -0.2) is 31.8 Å². The average molecular weight is 396 g/mol. The van der Waals surface area contributed by atoms with Crippen LogP contribution in [0.5, 0.6) is 5.75 Å². The van der Waals surface area contributed by atoms with E-state index in [9.17, 15) is 17.6 Å². The van der Waals surface area contributed by atoms with Crippen LogP contribution >= 0.6 is 0 Å². The average Bonchev–Trinajstić information content (AvgIpc) is 2.61. The molecule has 1 aliphatic heterocycles. The van der Waals surface area contributed by atoms with E-state index >= 15 is 0 Å². The zero-order chi connectivity index (χ0) is 20.4. The maximum atomic E-state index is 14.5. The van der Waals surface area contributed by atoms with Crippen molar-refractivity contribution >= 4 is 5.84 Å². The highest BCUT2D eigenvalue weighted by Gasteiger charge is 2.33. The molecule has 2 aromatic rings. The van der Waals surface area contributed by atoms with Gasteiger partial charge in [-0.2, -0.15) is 13.2 Å². The maximum Gasteiger partial charge on any atom is 0.422 e. The lowest BCUT2D eigenvalue weighted by molar-refractivity contribution is -0.153. The first-order chi connectivity index (χ1) is 13.2. The number of nitrogens with two attached hydrogens (primary N) is 1. The maximum absolute atomic E-state index is 14.5. The standard InChI is InChI=1S/C20H20F4N2O2/c1-19(11-27-10-18(25)26-19)15-9-13(6-7-16(15)21)8-14-4-2-3-5-17(14)28-12-20(22,23)24/h2-7,9H,8,10-12H2,1H3,(H2,25,26)/t19-/m0/s1. The second kappa shape index (κ2) is 7.79. The Morgan fingerprint density at radius 3 is 2.68 bits per heavy atom. The van der Waals surface area contributed by atoms with Crippen LogP contribution in [0.25, 0.3) is 0 Å². The van der Waals surface area contributed by atoms with Gasteiger partial charge in [0.2, 0.25) is 0 Å². The molecule has 0 bridgehead atoms. The van der Waals surface area contributed by atoms with Gasteiger partial charge < -0.3 is 15.2 Å². The van der Waals surface area contributed by atoms with Gasteiger partial charge in [-0.05, 0) is 30.2 Å². The predicted octanol–water partition coefficient (Wildman–Crippen LogP) is 3.96. The summed E-state index contributed by atoms with van der Waals surface area (Å²) in [4.78, 5) is 4.35. The van der Waals surface area contributed by atoms with Crippen molar-refractivity contribution in [1.29, 1.82) is 0 Å². The van der Waals surface area contributed by atoms with Gasteiger partial charge in [-0.15, -0.1) is 0 Å². The molecule has 2 aromatic carbocycles. The third-order valence-electron chi connectivity index (χ3n) is 4.39. The third-order valence-corrected chi connectivity index (χ3v) is 4.39. The Bertz CT molecular complexity index is 883. The van der Waals surface area contributed by atoms with Gasteiger partial charge in [-0.3, -0.25) is 4.99 Å². The molecular weight excluding hydrogens is 376 g/mol. The molecule has 1 atom stereocenters. The molecule has 2 N–H and O–H groups in total. The molecule has 0 radical (unpaired) electrons. The first kappa shape index (κ1) is 20.1. The van der Waals surface area contributed by atoms with Crippen molar-refractivity contribution in [2.24, 2.45) is 10.7 Å². The van der Waals surface area contributed by atoms with E-state index in [0.717, 1.165) is 0 Å². The summed E-state index contributed by atoms with van der Waals surface area (Å²) in [6.07, 6.45) is -4.15. The fourth-order valence-electron chi connectivity index (χ4n) is 3.14. The Labute approximate surface area is 160 Å². The van der Waals surface area contributed by atoms with Gasteiger partial charge in [-0.1, -0.05) is 30.3 Å². The summed E-state index contributed by atoms with van der Waals surface area (Å²) in [5, 5.41) is 0. The summed E-state index contributed by atoms with van der Waals surface area (Å²) >= 11 is 0. The number of para-hydroxylation sites is 1. The lowest BCUT2D eigenvalue weighted by Gasteiger charge is -2.30. The molecule has 1 aliphatic rings. The summed E-state index contributed by atoms with van der Waals surface area (Å²) in [5.41, 5.74) is 6.37. The molecule has 4 nitrogen and oxygen atoms in total. The normalized spacial score (nSPS) is 20.0. The highest BCUT2D eigenvalue weighted by molar-refractivity contribution is 5.82. The van der Waals surface area contributed by atoms with Gasteiger partial charge in [-0.25, -0.2) is 4.39 Å². The second-order valence-corrected chi connectivity index (χ2v) is 6.87. The third kappa shape index (κ3) is 4.81. The molecule has 0 aliphatic carbocycles. The van der Waals surface area contributed by atoms with Crippen LogP contribution in [0, 0.1) is 5.82 Å². The highest BCUT2D eigenvalue weighted by atomic mass is 19.4. The fraction of sp³-hybridized carbons (Fsp3) is 0.350. The van der Waals surface area contributed by atoms with E-state index < -0.39 is 24.1 Å². The minimum atomic E-state index is -4.43. The molecule has 0 unspecified atom stereocenters. The van der Waals surface area contributed by atoms with Crippen molar-refractivity contribution in [2.45, 2.75) is 25.1 Å². The van der Waals surface area contributed by atoms with Gasteiger partial charge >= 0.3 is 6.18 Å². The number of rotatable bonds is 5. The number of ether oxygens (including phenoxy) is 2. The summed E-state index contributed by atoms with van der Waals surface area (Å²) in [7, 11) is 0. The summed E-state index contributed by atoms with van der Waals surface area (Å²) < 4.78 is 62.2. The van der Waals surface area contributed by atoms with Crippen LogP contribution in [0.2, 0.25) is 0 Å². The van der Waals surface area contributed by atoms with Gasteiger partial charge in [0.05, 0.1) is 6.61 Å². The number of hydrogen-bond acceptors (Lipinski definition) is 4. The topological polar surface area (TPSA) is 56.8 Å². The molecule has 0 saturated heterocycles. The number of nitrogens with zero attached hydrogens (tertiary/aromatic N) is 1. The zero-order valence-electron chi connectivity index (χ0n) is 15.2. The number of alkyl halides is 3. The van der Waals surface area contributed by atoms with Crippen molar-refractivity contribution in [1.82, 2.24) is 0 Å². The summed E-state index contributed by atoms with van der Waals surface area (Å²) in [5.74, 6) is -0.0282. The Balaban J connectivity index is 1.88. The number of hydrogen-bond donors (Lipinski definition) is 1. The van der Waals surface area contributed by atoms with E-state index in [4.69, 9.17) is 15.2 Å². The minimum absolute atomic E-state index is 0.139. The molecule has 3 rings (SSSR count). The molecule has 0 saturated carbocycles. The Morgan fingerprint density at radius 2 is 1.96 bits per heavy atom. The first-order valence-electron chi connectivity index (χ1n) is 8.65. The number of aliphatic imine (C=N–C) groups is 1. The van der Waals surface area contributed by atoms with Gasteiger partial charge in [0.25, 0.3) is 0 Å². The van der Waals surface area contributed by atoms with Crippen LogP contribution in [0.3, 0.4) is 0 Å². The van der Waals surface area contributed by atoms with Crippen LogP contribution in [0.15, 0.2) is 47.5 Å². The van der Waals surface area contributed by atoms with Crippen molar-refractivity contribution in [3.63, 3.8) is 0 Å². The minimum Gasteiger partial charge on any atom is -0.484 e. The fourth-order valence-corrected chi connectivity index (χ4v) is 3.14. The van der Waals surface area contributed by atoms with Crippen molar-refractivity contribution in [3.05, 3.63) is 65.0 Å². The number of halogens is 4. The number of amidine groups is 1. The van der Waals surface area contributed by atoms with Crippen LogP contribution in [-0.2, 0) is 16.7 Å². The van der Waals surface area contributed by atoms with Gasteiger partial charge in [0.1, 0.15) is 29.5 Å². The first-order valence-corrected chi connectivity index (χ1v) is 8.65. The van der Waals surface area contributed by atoms with E-state index in [2.05, 4.69) is 4.99 Å². The molecule has 0 aromatic heterocycles. The SMILES string of the molecule is C[C@@]1(c2cc(Cc3ccccc3OCC(F)(F)F)ccc2F)COCC(N)=N1. The quantitative estimate of drug-likeness (QED) is 0.779. The molecule has 150 valence electrons. The van der Waals surface area contributed by atoms with E-state index in [1.165, 1.54) is 12.1 Å².